The smallest absolute Gasteiger partial charge is 0.256 e. The third-order valence-corrected chi connectivity index (χ3v) is 7.25. The highest BCUT2D eigenvalue weighted by Gasteiger charge is 2.45. The van der Waals surface area contributed by atoms with Crippen LogP contribution in [0, 0.1) is 11.8 Å². The van der Waals surface area contributed by atoms with Gasteiger partial charge in [0.1, 0.15) is 0 Å². The Morgan fingerprint density at radius 2 is 2.03 bits per heavy atom. The number of fused-ring (bicyclic) bond motifs is 2. The molecule has 2 aliphatic carbocycles. The standard InChI is InChI=1S/C22H26N6O2/c1-30-20-8-16-11-27(22(29)17-4-2-3-14-9-23-25-21(14)17)10-15(16)7-19(20)28-12-18(24-26-28)13-5-6-13/h2-4,9,12-13,15-16,19-20H,5-8,10-11H2,1H3,(H,23,25)/t15-,16+,19-,20-/m1/s1. The first-order chi connectivity index (χ1) is 14.7. The quantitative estimate of drug-likeness (QED) is 0.720. The lowest BCUT2D eigenvalue weighted by atomic mass is 9.77. The molecule has 3 aromatic rings. The van der Waals surface area contributed by atoms with Gasteiger partial charge in [-0.15, -0.1) is 5.10 Å². The molecular weight excluding hydrogens is 380 g/mol. The number of aromatic amines is 1. The maximum atomic E-state index is 13.3. The monoisotopic (exact) mass is 406 g/mol. The van der Waals surface area contributed by atoms with Crippen LogP contribution in [0.25, 0.3) is 10.9 Å². The molecule has 0 spiro atoms. The summed E-state index contributed by atoms with van der Waals surface area (Å²) in [6.45, 7) is 1.57. The van der Waals surface area contributed by atoms with Crippen LogP contribution in [0.3, 0.4) is 0 Å². The van der Waals surface area contributed by atoms with Gasteiger partial charge in [0.05, 0.1) is 35.1 Å². The molecule has 156 valence electrons. The van der Waals surface area contributed by atoms with Crippen LogP contribution in [0.5, 0.6) is 0 Å². The van der Waals surface area contributed by atoms with E-state index in [-0.39, 0.29) is 18.1 Å². The van der Waals surface area contributed by atoms with E-state index in [4.69, 9.17) is 4.74 Å². The van der Waals surface area contributed by atoms with Crippen molar-refractivity contribution in [1.82, 2.24) is 30.1 Å². The van der Waals surface area contributed by atoms with Gasteiger partial charge >= 0.3 is 0 Å². The summed E-state index contributed by atoms with van der Waals surface area (Å²) in [5.41, 5.74) is 2.64. The summed E-state index contributed by atoms with van der Waals surface area (Å²) in [6, 6.07) is 5.97. The van der Waals surface area contributed by atoms with Crippen LogP contribution < -0.4 is 0 Å². The number of rotatable bonds is 4. The fraction of sp³-hybridized carbons (Fsp3) is 0.545. The lowest BCUT2D eigenvalue weighted by Gasteiger charge is -2.36. The molecule has 8 nitrogen and oxygen atoms in total. The number of benzene rings is 1. The minimum atomic E-state index is 0.0848. The van der Waals surface area contributed by atoms with E-state index in [2.05, 4.69) is 26.7 Å². The first-order valence-corrected chi connectivity index (χ1v) is 10.9. The van der Waals surface area contributed by atoms with Gasteiger partial charge in [0, 0.05) is 37.7 Å². The number of hydrogen-bond donors (Lipinski definition) is 1. The number of para-hydroxylation sites is 1. The average molecular weight is 406 g/mol. The van der Waals surface area contributed by atoms with Crippen molar-refractivity contribution in [2.45, 2.75) is 43.7 Å². The largest absolute Gasteiger partial charge is 0.379 e. The van der Waals surface area contributed by atoms with Crippen LogP contribution >= 0.6 is 0 Å². The second kappa shape index (κ2) is 6.91. The molecule has 8 heteroatoms. The van der Waals surface area contributed by atoms with Crippen molar-refractivity contribution in [1.29, 1.82) is 0 Å². The maximum absolute atomic E-state index is 13.3. The van der Waals surface area contributed by atoms with Gasteiger partial charge in [0.2, 0.25) is 0 Å². The molecule has 1 aliphatic heterocycles. The van der Waals surface area contributed by atoms with E-state index in [1.807, 2.05) is 27.8 Å². The third kappa shape index (κ3) is 2.93. The van der Waals surface area contributed by atoms with Crippen molar-refractivity contribution in [3.63, 3.8) is 0 Å². The number of nitrogens with one attached hydrogen (secondary N) is 1. The first-order valence-electron chi connectivity index (χ1n) is 10.9. The van der Waals surface area contributed by atoms with Crippen molar-refractivity contribution in [3.05, 3.63) is 41.9 Å². The van der Waals surface area contributed by atoms with Crippen molar-refractivity contribution in [2.24, 2.45) is 11.8 Å². The Morgan fingerprint density at radius 1 is 1.20 bits per heavy atom. The second-order valence-electron chi connectivity index (χ2n) is 9.08. The van der Waals surface area contributed by atoms with Crippen molar-refractivity contribution < 1.29 is 9.53 Å². The zero-order valence-electron chi connectivity index (χ0n) is 17.1. The van der Waals surface area contributed by atoms with E-state index in [1.54, 1.807) is 13.3 Å². The zero-order chi connectivity index (χ0) is 20.2. The number of likely N-dealkylation sites (tertiary alicyclic amines) is 1. The van der Waals surface area contributed by atoms with Gasteiger partial charge in [-0.3, -0.25) is 9.89 Å². The van der Waals surface area contributed by atoms with Gasteiger partial charge < -0.3 is 9.64 Å². The summed E-state index contributed by atoms with van der Waals surface area (Å²) in [5, 5.41) is 16.9. The normalized spacial score (nSPS) is 28.8. The van der Waals surface area contributed by atoms with Crippen molar-refractivity contribution >= 4 is 16.8 Å². The number of nitrogens with zero attached hydrogens (tertiary/aromatic N) is 5. The molecular formula is C22H26N6O2. The number of amides is 1. The Kier molecular flexibility index (Phi) is 4.16. The minimum absolute atomic E-state index is 0.0848. The SMILES string of the molecule is CO[C@@H]1C[C@H]2CN(C(=O)c3cccc4cn[nH]c34)C[C@H]2C[C@H]1n1cc(C2CC2)nn1. The Balaban J connectivity index is 1.22. The fourth-order valence-electron chi connectivity index (χ4n) is 5.42. The number of H-pyrrole nitrogens is 1. The molecule has 4 atom stereocenters. The van der Waals surface area contributed by atoms with Crippen LogP contribution in [-0.4, -0.2) is 62.3 Å². The molecule has 3 heterocycles. The van der Waals surface area contributed by atoms with Crippen LogP contribution in [0.4, 0.5) is 0 Å². The molecule has 1 amide bonds. The number of hydrogen-bond acceptors (Lipinski definition) is 5. The maximum Gasteiger partial charge on any atom is 0.256 e. The number of methoxy groups -OCH3 is 1. The molecule has 0 bridgehead atoms. The molecule has 1 aromatic carbocycles. The van der Waals surface area contributed by atoms with E-state index in [0.29, 0.717) is 23.3 Å². The van der Waals surface area contributed by atoms with Crippen LogP contribution in [0.1, 0.15) is 53.7 Å². The van der Waals surface area contributed by atoms with Gasteiger partial charge in [0.25, 0.3) is 5.91 Å². The molecule has 3 fully saturated rings. The second-order valence-corrected chi connectivity index (χ2v) is 9.08. The highest BCUT2D eigenvalue weighted by atomic mass is 16.5. The average Bonchev–Trinajstić information content (AvgIpc) is 3.18. The number of carbonyl (C=O) groups excluding carboxylic acids is 1. The van der Waals surface area contributed by atoms with Gasteiger partial charge in [-0.05, 0) is 43.6 Å². The van der Waals surface area contributed by atoms with Crippen LogP contribution in [0.15, 0.2) is 30.6 Å². The Morgan fingerprint density at radius 3 is 2.83 bits per heavy atom. The lowest BCUT2D eigenvalue weighted by molar-refractivity contribution is -0.00546. The predicted octanol–water partition coefficient (Wildman–Crippen LogP) is 2.77. The molecule has 2 aromatic heterocycles. The molecule has 1 N–H and O–H groups in total. The Hall–Kier alpha value is -2.74. The summed E-state index contributed by atoms with van der Waals surface area (Å²) in [6.07, 6.45) is 8.34. The summed E-state index contributed by atoms with van der Waals surface area (Å²) >= 11 is 0. The van der Waals surface area contributed by atoms with Crippen molar-refractivity contribution in [2.75, 3.05) is 20.2 Å². The van der Waals surface area contributed by atoms with Gasteiger partial charge in [-0.2, -0.15) is 5.10 Å². The number of ether oxygens (including phenoxy) is 1. The van der Waals surface area contributed by atoms with E-state index >= 15 is 0 Å². The van der Waals surface area contributed by atoms with E-state index in [9.17, 15) is 4.79 Å². The summed E-state index contributed by atoms with van der Waals surface area (Å²) in [5.74, 6) is 1.60. The molecule has 6 rings (SSSR count). The molecule has 30 heavy (non-hydrogen) atoms. The van der Waals surface area contributed by atoms with Crippen LogP contribution in [0.2, 0.25) is 0 Å². The third-order valence-electron chi connectivity index (χ3n) is 7.25. The zero-order valence-corrected chi connectivity index (χ0v) is 17.1. The van der Waals surface area contributed by atoms with Gasteiger partial charge in [-0.25, -0.2) is 4.68 Å². The summed E-state index contributed by atoms with van der Waals surface area (Å²) in [4.78, 5) is 15.3. The molecule has 1 saturated heterocycles. The van der Waals surface area contributed by atoms with E-state index in [0.717, 1.165) is 42.5 Å². The molecule has 0 unspecified atom stereocenters. The first kappa shape index (κ1) is 18.1. The number of aromatic nitrogens is 5. The van der Waals surface area contributed by atoms with Gasteiger partial charge in [-0.1, -0.05) is 17.3 Å². The molecule has 3 aliphatic rings. The highest BCUT2D eigenvalue weighted by Crippen LogP contribution is 2.44. The molecule has 0 radical (unpaired) electrons. The Bertz CT molecular complexity index is 1090. The summed E-state index contributed by atoms with van der Waals surface area (Å²) < 4.78 is 7.90. The summed E-state index contributed by atoms with van der Waals surface area (Å²) in [7, 11) is 1.79. The van der Waals surface area contributed by atoms with E-state index in [1.165, 1.54) is 12.8 Å². The van der Waals surface area contributed by atoms with Crippen molar-refractivity contribution in [3.8, 4) is 0 Å². The lowest BCUT2D eigenvalue weighted by Crippen LogP contribution is -2.37. The highest BCUT2D eigenvalue weighted by molar-refractivity contribution is 6.05. The molecule has 2 saturated carbocycles. The van der Waals surface area contributed by atoms with Crippen LogP contribution in [-0.2, 0) is 4.74 Å². The van der Waals surface area contributed by atoms with Gasteiger partial charge in [0.15, 0.2) is 0 Å². The predicted molar refractivity (Wildman–Crippen MR) is 110 cm³/mol. The Labute approximate surface area is 174 Å². The number of carbonyl (C=O) groups is 1. The van der Waals surface area contributed by atoms with E-state index < -0.39 is 0 Å². The topological polar surface area (TPSA) is 88.9 Å². The minimum Gasteiger partial charge on any atom is -0.379 e. The fourth-order valence-corrected chi connectivity index (χ4v) is 5.42.